The molecule has 2 heteroatoms. The molecule has 65 valence electrons. The molecule has 0 heterocycles. The van der Waals surface area contributed by atoms with Crippen molar-refractivity contribution >= 4 is 19.8 Å². The zero-order valence-electron chi connectivity index (χ0n) is 8.18. The van der Waals surface area contributed by atoms with Gasteiger partial charge in [0.15, 0.2) is 0 Å². The molecule has 0 amide bonds. The third kappa shape index (κ3) is 39.0. The summed E-state index contributed by atoms with van der Waals surface area (Å²) < 4.78 is 0. The molecule has 0 aromatic carbocycles. The maximum Gasteiger partial charge on any atom is 0 e. The number of hydrogen-bond donors (Lipinski definition) is 0. The summed E-state index contributed by atoms with van der Waals surface area (Å²) in [6, 6.07) is 0. The van der Waals surface area contributed by atoms with Crippen molar-refractivity contribution in [3.8, 4) is 0 Å². The Kier molecular flexibility index (Phi) is 65.3. The van der Waals surface area contributed by atoms with Gasteiger partial charge in [-0.2, -0.15) is 0 Å². The van der Waals surface area contributed by atoms with E-state index in [2.05, 4.69) is 13.8 Å². The van der Waals surface area contributed by atoms with E-state index < -0.39 is 0 Å². The molecular formula is C9H19GaO-. The van der Waals surface area contributed by atoms with Gasteiger partial charge >= 0.3 is 0 Å². The molecule has 0 saturated carbocycles. The summed E-state index contributed by atoms with van der Waals surface area (Å²) in [6.45, 7) is 13.6. The minimum atomic E-state index is 0. The van der Waals surface area contributed by atoms with Gasteiger partial charge in [-0.3, -0.25) is 0 Å². The third-order valence-corrected chi connectivity index (χ3v) is 0.670. The van der Waals surface area contributed by atoms with Crippen LogP contribution in [-0.4, -0.2) is 19.8 Å². The predicted octanol–water partition coefficient (Wildman–Crippen LogP) is 1.96. The van der Waals surface area contributed by atoms with Gasteiger partial charge in [-0.25, -0.2) is 0 Å². The Balaban J connectivity index is -0.0000000428. The second-order valence-corrected chi connectivity index (χ2v) is 1.11. The zero-order chi connectivity index (χ0) is 8.99. The summed E-state index contributed by atoms with van der Waals surface area (Å²) in [4.78, 5) is 0. The Morgan fingerprint density at radius 3 is 1.55 bits per heavy atom. The molecule has 11 heavy (non-hydrogen) atoms. The molecule has 0 aliphatic carbocycles. The molecule has 0 aliphatic heterocycles. The normalized spacial score (nSPS) is 7.64. The summed E-state index contributed by atoms with van der Waals surface area (Å²) in [7, 11) is 0. The maximum atomic E-state index is 10.1. The van der Waals surface area contributed by atoms with Crippen LogP contribution in [0.5, 0.6) is 0 Å². The van der Waals surface area contributed by atoms with Crippen molar-refractivity contribution in [1.82, 2.24) is 0 Å². The van der Waals surface area contributed by atoms with Gasteiger partial charge < -0.3 is 5.11 Å². The van der Waals surface area contributed by atoms with Crippen molar-refractivity contribution in [2.24, 2.45) is 0 Å². The van der Waals surface area contributed by atoms with Crippen LogP contribution >= 0.6 is 0 Å². The molecule has 0 fully saturated rings. The van der Waals surface area contributed by atoms with Crippen LogP contribution in [0.25, 0.3) is 0 Å². The Morgan fingerprint density at radius 2 is 1.55 bits per heavy atom. The quantitative estimate of drug-likeness (QED) is 0.482. The average molecular weight is 213 g/mol. The molecule has 0 aromatic heterocycles. The maximum absolute atomic E-state index is 10.1. The van der Waals surface area contributed by atoms with E-state index in [-0.39, 0.29) is 25.5 Å². The van der Waals surface area contributed by atoms with Gasteiger partial charge in [0.25, 0.3) is 0 Å². The zero-order valence-corrected chi connectivity index (χ0v) is 10.6. The summed E-state index contributed by atoms with van der Waals surface area (Å²) in [5.41, 5.74) is 0. The van der Waals surface area contributed by atoms with Gasteiger partial charge in [-0.05, 0) is 13.3 Å². The molecule has 0 bridgehead atoms. The monoisotopic (exact) mass is 212 g/mol. The number of rotatable bonds is 1. The second kappa shape index (κ2) is 32.0. The van der Waals surface area contributed by atoms with Gasteiger partial charge in [0.05, 0.1) is 0 Å². The van der Waals surface area contributed by atoms with Crippen molar-refractivity contribution in [2.75, 3.05) is 0 Å². The Labute approximate surface area is 85.0 Å². The van der Waals surface area contributed by atoms with Crippen molar-refractivity contribution in [2.45, 2.75) is 34.1 Å². The van der Waals surface area contributed by atoms with E-state index in [9.17, 15) is 5.11 Å². The van der Waals surface area contributed by atoms with Crippen molar-refractivity contribution in [3.63, 3.8) is 0 Å². The van der Waals surface area contributed by atoms with Gasteiger partial charge in [0.1, 0.15) is 0 Å². The van der Waals surface area contributed by atoms with E-state index in [1.54, 1.807) is 26.8 Å². The fraction of sp³-hybridized carbons (Fsp3) is 0.556. The first-order valence-electron chi connectivity index (χ1n) is 3.55. The van der Waals surface area contributed by atoms with Crippen molar-refractivity contribution in [3.05, 3.63) is 25.7 Å². The van der Waals surface area contributed by atoms with Gasteiger partial charge in [0.2, 0.25) is 0 Å². The van der Waals surface area contributed by atoms with Crippen molar-refractivity contribution < 1.29 is 5.11 Å². The van der Waals surface area contributed by atoms with Crippen LogP contribution in [0.3, 0.4) is 0 Å². The van der Waals surface area contributed by atoms with E-state index in [0.29, 0.717) is 6.42 Å². The van der Waals surface area contributed by atoms with Crippen LogP contribution in [0.15, 0.2) is 11.8 Å². The molecule has 0 aliphatic rings. The summed E-state index contributed by atoms with van der Waals surface area (Å²) in [6.07, 6.45) is 2.22. The third-order valence-electron chi connectivity index (χ3n) is 0.670. The van der Waals surface area contributed by atoms with E-state index in [4.69, 9.17) is 0 Å². The Bertz CT molecular complexity index is 60.6. The topological polar surface area (TPSA) is 23.1 Å². The average Bonchev–Trinajstić information content (AvgIpc) is 2.10. The van der Waals surface area contributed by atoms with Gasteiger partial charge in [-0.1, -0.05) is 40.7 Å². The number of hydrogen-bond acceptors (Lipinski definition) is 1. The van der Waals surface area contributed by atoms with E-state index >= 15 is 0 Å². The Morgan fingerprint density at radius 1 is 1.27 bits per heavy atom. The first-order chi connectivity index (χ1) is 4.81. The molecule has 0 unspecified atom stereocenters. The predicted molar refractivity (Wildman–Crippen MR) is 51.9 cm³/mol. The largest absolute Gasteiger partial charge is 0.876 e. The van der Waals surface area contributed by atoms with E-state index in [1.807, 2.05) is 6.92 Å². The van der Waals surface area contributed by atoms with Gasteiger partial charge in [0, 0.05) is 19.8 Å². The molecule has 0 spiro atoms. The van der Waals surface area contributed by atoms with E-state index in [1.165, 1.54) is 0 Å². The molecule has 0 rings (SSSR count). The fourth-order valence-corrected chi connectivity index (χ4v) is 0.204. The Hall–Kier alpha value is 0.176. The smallest absolute Gasteiger partial charge is 0 e. The fourth-order valence-electron chi connectivity index (χ4n) is 0.204. The summed E-state index contributed by atoms with van der Waals surface area (Å²) >= 11 is 0. The second-order valence-electron chi connectivity index (χ2n) is 1.11. The van der Waals surface area contributed by atoms with Crippen LogP contribution in [0.1, 0.15) is 34.1 Å². The standard InChI is InChI=1S/C5H10O.2C2H5.Ga/c1-3-5(6)4-2;2*1-2;/h3,6H,4H2,1-2H3;2*1H2,2H3;/p-1/b5-3+;;;. The summed E-state index contributed by atoms with van der Waals surface area (Å²) in [5, 5.41) is 10.1. The van der Waals surface area contributed by atoms with Crippen LogP contribution in [-0.2, 0) is 0 Å². The van der Waals surface area contributed by atoms with Crippen LogP contribution in [0, 0.1) is 13.8 Å². The molecule has 0 atom stereocenters. The summed E-state index contributed by atoms with van der Waals surface area (Å²) in [5.74, 6) is 0.218. The molecular weight excluding hydrogens is 194 g/mol. The minimum absolute atomic E-state index is 0. The van der Waals surface area contributed by atoms with E-state index in [0.717, 1.165) is 0 Å². The minimum Gasteiger partial charge on any atom is -0.876 e. The molecule has 5 radical (unpaired) electrons. The molecule has 0 aromatic rings. The van der Waals surface area contributed by atoms with Gasteiger partial charge in [-0.15, -0.1) is 5.76 Å². The van der Waals surface area contributed by atoms with Crippen LogP contribution < -0.4 is 5.11 Å². The van der Waals surface area contributed by atoms with Crippen LogP contribution in [0.4, 0.5) is 0 Å². The van der Waals surface area contributed by atoms with Crippen molar-refractivity contribution in [1.29, 1.82) is 0 Å². The molecule has 0 saturated heterocycles. The molecule has 0 N–H and O–H groups in total. The SMILES string of the molecule is C/C=C(/[O-])CC.[CH2]C.[CH2]C.[Ga]. The van der Waals surface area contributed by atoms with Crippen LogP contribution in [0.2, 0.25) is 0 Å². The first-order valence-corrected chi connectivity index (χ1v) is 3.55. The first kappa shape index (κ1) is 22.5. The molecule has 1 nitrogen and oxygen atoms in total. The number of allylic oxidation sites excluding steroid dienone is 2.